The molecule has 0 aliphatic heterocycles. The van der Waals surface area contributed by atoms with Crippen LogP contribution in [0.25, 0.3) is 0 Å². The summed E-state index contributed by atoms with van der Waals surface area (Å²) in [5, 5.41) is 3.21. The van der Waals surface area contributed by atoms with Crippen molar-refractivity contribution in [2.45, 2.75) is 58.9 Å². The van der Waals surface area contributed by atoms with Crippen molar-refractivity contribution in [1.82, 2.24) is 9.97 Å². The lowest BCUT2D eigenvalue weighted by molar-refractivity contribution is 0.544. The quantitative estimate of drug-likeness (QED) is 0.905. The molecule has 106 valence electrons. The summed E-state index contributed by atoms with van der Waals surface area (Å²) in [7, 11) is 1.93. The molecule has 0 spiro atoms. The molecule has 1 N–H and O–H groups in total. The first-order valence-electron chi connectivity index (χ1n) is 7.22. The van der Waals surface area contributed by atoms with Gasteiger partial charge in [-0.2, -0.15) is 0 Å². The molecule has 1 aliphatic carbocycles. The summed E-state index contributed by atoms with van der Waals surface area (Å²) in [6.07, 6.45) is 2.58. The van der Waals surface area contributed by atoms with Crippen molar-refractivity contribution in [3.63, 3.8) is 0 Å². The van der Waals surface area contributed by atoms with Gasteiger partial charge in [-0.05, 0) is 26.7 Å². The van der Waals surface area contributed by atoms with Gasteiger partial charge in [-0.3, -0.25) is 0 Å². The standard InChI is InChI=1S/C15H26N4/c1-7-19(11-8-9-11)13-10(2)12(16-6)17-14(18-13)15(3,4)5/h11H,7-9H2,1-6H3,(H,16,17,18). The monoisotopic (exact) mass is 262 g/mol. The summed E-state index contributed by atoms with van der Waals surface area (Å²) in [4.78, 5) is 12.0. The molecule has 0 radical (unpaired) electrons. The first kappa shape index (κ1) is 14.1. The van der Waals surface area contributed by atoms with Crippen molar-refractivity contribution in [1.29, 1.82) is 0 Å². The van der Waals surface area contributed by atoms with Crippen molar-refractivity contribution in [3.8, 4) is 0 Å². The normalized spacial score (nSPS) is 15.5. The van der Waals surface area contributed by atoms with Crippen LogP contribution in [0, 0.1) is 6.92 Å². The molecule has 0 atom stereocenters. The lowest BCUT2D eigenvalue weighted by Crippen LogP contribution is -2.29. The second-order valence-corrected chi connectivity index (χ2v) is 6.36. The molecule has 0 bridgehead atoms. The first-order chi connectivity index (χ1) is 8.88. The highest BCUT2D eigenvalue weighted by Crippen LogP contribution is 2.35. The van der Waals surface area contributed by atoms with Gasteiger partial charge in [-0.25, -0.2) is 9.97 Å². The lowest BCUT2D eigenvalue weighted by Gasteiger charge is -2.27. The third-order valence-electron chi connectivity index (χ3n) is 3.63. The summed E-state index contributed by atoms with van der Waals surface area (Å²) in [5.41, 5.74) is 1.13. The minimum Gasteiger partial charge on any atom is -0.373 e. The zero-order valence-electron chi connectivity index (χ0n) is 13.0. The summed E-state index contributed by atoms with van der Waals surface area (Å²) in [6, 6.07) is 0.677. The highest BCUT2D eigenvalue weighted by atomic mass is 15.2. The van der Waals surface area contributed by atoms with Crippen molar-refractivity contribution < 1.29 is 0 Å². The number of aromatic nitrogens is 2. The molecule has 1 saturated carbocycles. The average Bonchev–Trinajstić information content (AvgIpc) is 3.15. The van der Waals surface area contributed by atoms with E-state index < -0.39 is 0 Å². The van der Waals surface area contributed by atoms with Crippen LogP contribution in [0.1, 0.15) is 51.9 Å². The topological polar surface area (TPSA) is 41.1 Å². The van der Waals surface area contributed by atoms with E-state index in [-0.39, 0.29) is 5.41 Å². The van der Waals surface area contributed by atoms with Crippen LogP contribution in [0.15, 0.2) is 0 Å². The maximum absolute atomic E-state index is 4.86. The van der Waals surface area contributed by atoms with E-state index in [9.17, 15) is 0 Å². The Labute approximate surface area is 116 Å². The molecule has 4 heteroatoms. The second-order valence-electron chi connectivity index (χ2n) is 6.36. The van der Waals surface area contributed by atoms with Crippen LogP contribution in [0.3, 0.4) is 0 Å². The van der Waals surface area contributed by atoms with E-state index >= 15 is 0 Å². The summed E-state index contributed by atoms with van der Waals surface area (Å²) in [6.45, 7) is 11.8. The van der Waals surface area contributed by atoms with E-state index in [1.165, 1.54) is 12.8 Å². The van der Waals surface area contributed by atoms with Crippen molar-refractivity contribution >= 4 is 11.6 Å². The molecule has 1 fully saturated rings. The van der Waals surface area contributed by atoms with E-state index in [0.717, 1.165) is 29.6 Å². The van der Waals surface area contributed by atoms with Crippen molar-refractivity contribution in [2.75, 3.05) is 23.8 Å². The van der Waals surface area contributed by atoms with Crippen LogP contribution in [0.4, 0.5) is 11.6 Å². The van der Waals surface area contributed by atoms with Gasteiger partial charge < -0.3 is 10.2 Å². The zero-order valence-corrected chi connectivity index (χ0v) is 13.0. The fourth-order valence-electron chi connectivity index (χ4n) is 2.33. The third kappa shape index (κ3) is 2.82. The fraction of sp³-hybridized carbons (Fsp3) is 0.733. The van der Waals surface area contributed by atoms with Gasteiger partial charge in [0.05, 0.1) is 0 Å². The molecule has 2 rings (SSSR count). The Bertz CT molecular complexity index is 458. The minimum atomic E-state index is -0.0307. The smallest absolute Gasteiger partial charge is 0.138 e. The minimum absolute atomic E-state index is 0.0307. The molecule has 4 nitrogen and oxygen atoms in total. The Balaban J connectivity index is 2.51. The molecule has 1 aliphatic rings. The average molecular weight is 262 g/mol. The van der Waals surface area contributed by atoms with Crippen LogP contribution in [0.5, 0.6) is 0 Å². The molecular weight excluding hydrogens is 236 g/mol. The van der Waals surface area contributed by atoms with Crippen LogP contribution in [-0.2, 0) is 5.41 Å². The number of rotatable bonds is 4. The highest BCUT2D eigenvalue weighted by Gasteiger charge is 2.31. The van der Waals surface area contributed by atoms with Gasteiger partial charge in [-0.15, -0.1) is 0 Å². The molecule has 0 unspecified atom stereocenters. The Morgan fingerprint density at radius 1 is 1.26 bits per heavy atom. The highest BCUT2D eigenvalue weighted by molar-refractivity contribution is 5.59. The molecule has 0 aromatic carbocycles. The van der Waals surface area contributed by atoms with Crippen LogP contribution < -0.4 is 10.2 Å². The predicted molar refractivity (Wildman–Crippen MR) is 81.1 cm³/mol. The van der Waals surface area contributed by atoms with Gasteiger partial charge in [0.25, 0.3) is 0 Å². The molecule has 1 aromatic heterocycles. The Morgan fingerprint density at radius 3 is 2.32 bits per heavy atom. The molecule has 19 heavy (non-hydrogen) atoms. The van der Waals surface area contributed by atoms with E-state index in [1.54, 1.807) is 0 Å². The van der Waals surface area contributed by atoms with Crippen LogP contribution in [0.2, 0.25) is 0 Å². The maximum atomic E-state index is 4.86. The van der Waals surface area contributed by atoms with Crippen molar-refractivity contribution in [3.05, 3.63) is 11.4 Å². The Hall–Kier alpha value is -1.32. The SMILES string of the molecule is CCN(c1nc(C(C)(C)C)nc(NC)c1C)C1CC1. The number of hydrogen-bond acceptors (Lipinski definition) is 4. The van der Waals surface area contributed by atoms with Gasteiger partial charge in [0, 0.05) is 30.6 Å². The van der Waals surface area contributed by atoms with Crippen LogP contribution in [-0.4, -0.2) is 29.6 Å². The molecule has 0 amide bonds. The molecular formula is C15H26N4. The summed E-state index contributed by atoms with van der Waals surface area (Å²) in [5.74, 6) is 2.97. The zero-order chi connectivity index (χ0) is 14.2. The number of nitrogens with zero attached hydrogens (tertiary/aromatic N) is 3. The Kier molecular flexibility index (Phi) is 3.70. The van der Waals surface area contributed by atoms with E-state index in [4.69, 9.17) is 4.98 Å². The first-order valence-corrected chi connectivity index (χ1v) is 7.22. The summed E-state index contributed by atoms with van der Waals surface area (Å²) >= 11 is 0. The van der Waals surface area contributed by atoms with Gasteiger partial charge in [0.2, 0.25) is 0 Å². The van der Waals surface area contributed by atoms with Gasteiger partial charge >= 0.3 is 0 Å². The maximum Gasteiger partial charge on any atom is 0.138 e. The third-order valence-corrected chi connectivity index (χ3v) is 3.63. The number of hydrogen-bond donors (Lipinski definition) is 1. The van der Waals surface area contributed by atoms with E-state index in [1.807, 2.05) is 7.05 Å². The van der Waals surface area contributed by atoms with E-state index in [0.29, 0.717) is 6.04 Å². The lowest BCUT2D eigenvalue weighted by atomic mass is 9.95. The summed E-state index contributed by atoms with van der Waals surface area (Å²) < 4.78 is 0. The molecule has 1 aromatic rings. The predicted octanol–water partition coefficient (Wildman–Crippen LogP) is 3.11. The van der Waals surface area contributed by atoms with Gasteiger partial charge in [0.15, 0.2) is 0 Å². The van der Waals surface area contributed by atoms with E-state index in [2.05, 4.69) is 49.8 Å². The number of anilines is 2. The van der Waals surface area contributed by atoms with Gasteiger partial charge in [0.1, 0.15) is 17.5 Å². The molecule has 1 heterocycles. The Morgan fingerprint density at radius 2 is 1.89 bits per heavy atom. The second kappa shape index (κ2) is 4.99. The number of nitrogens with one attached hydrogen (secondary N) is 1. The van der Waals surface area contributed by atoms with Crippen molar-refractivity contribution in [2.24, 2.45) is 0 Å². The van der Waals surface area contributed by atoms with Crippen LogP contribution >= 0.6 is 0 Å². The largest absolute Gasteiger partial charge is 0.373 e. The fourth-order valence-corrected chi connectivity index (χ4v) is 2.33. The van der Waals surface area contributed by atoms with Gasteiger partial charge in [-0.1, -0.05) is 20.8 Å². The molecule has 0 saturated heterocycles.